The van der Waals surface area contributed by atoms with Gasteiger partial charge >= 0.3 is 0 Å². The molecule has 1 fully saturated rings. The average molecular weight is 419 g/mol. The maximum atomic E-state index is 14.8. The Morgan fingerprint density at radius 1 is 1.33 bits per heavy atom. The summed E-state index contributed by atoms with van der Waals surface area (Å²) in [5, 5.41) is 20.8. The van der Waals surface area contributed by atoms with E-state index in [-0.39, 0.29) is 28.6 Å². The number of piperidine rings is 1. The third kappa shape index (κ3) is 5.29. The van der Waals surface area contributed by atoms with Gasteiger partial charge in [0.15, 0.2) is 12.1 Å². The summed E-state index contributed by atoms with van der Waals surface area (Å²) in [6.45, 7) is 7.54. The summed E-state index contributed by atoms with van der Waals surface area (Å²) in [6.07, 6.45) is 5.04. The number of alkyl halides is 1. The average Bonchev–Trinajstić information content (AvgIpc) is 2.64. The first-order chi connectivity index (χ1) is 13.9. The minimum absolute atomic E-state index is 0.00682. The third-order valence-electron chi connectivity index (χ3n) is 4.91. The first kappa shape index (κ1) is 23.2. The number of nitrogens with zero attached hydrogens (tertiary/aromatic N) is 1. The molecular formula is C21H31FN6O2. The minimum atomic E-state index is -1.25. The lowest BCUT2D eigenvalue weighted by Gasteiger charge is -2.48. The van der Waals surface area contributed by atoms with Crippen LogP contribution < -0.4 is 22.5 Å². The second kappa shape index (κ2) is 8.74. The molecule has 30 heavy (non-hydrogen) atoms. The molecule has 2 atom stereocenters. The molecule has 1 aliphatic heterocycles. The Morgan fingerprint density at radius 2 is 2.00 bits per heavy atom. The zero-order valence-electron chi connectivity index (χ0n) is 17.7. The Morgan fingerprint density at radius 3 is 2.57 bits per heavy atom. The number of halogens is 1. The molecule has 0 amide bonds. The quantitative estimate of drug-likeness (QED) is 0.235. The van der Waals surface area contributed by atoms with Crippen molar-refractivity contribution in [3.05, 3.63) is 47.8 Å². The molecule has 2 rings (SSSR count). The SMILES string of the molecule is CC1(C)C[C@H](O/C(N)=C/C=C(\N)c2ncc(/C(C=N)=C/N)cc2O)[C@H](F)C(C)(C)N1. The summed E-state index contributed by atoms with van der Waals surface area (Å²) in [7, 11) is 0. The maximum absolute atomic E-state index is 14.8. The highest BCUT2D eigenvalue weighted by Crippen LogP contribution is 2.33. The molecule has 2 heterocycles. The molecule has 164 valence electrons. The molecule has 0 aromatic carbocycles. The fraction of sp³-hybridized carbons (Fsp3) is 0.429. The van der Waals surface area contributed by atoms with Crippen molar-refractivity contribution in [3.63, 3.8) is 0 Å². The highest BCUT2D eigenvalue weighted by Gasteiger charge is 2.47. The van der Waals surface area contributed by atoms with Crippen molar-refractivity contribution < 1.29 is 14.2 Å². The number of nitrogens with two attached hydrogens (primary N) is 3. The third-order valence-corrected chi connectivity index (χ3v) is 4.91. The summed E-state index contributed by atoms with van der Waals surface area (Å²) in [4.78, 5) is 4.12. The molecule has 1 aromatic heterocycles. The molecular weight excluding hydrogens is 387 g/mol. The van der Waals surface area contributed by atoms with E-state index in [2.05, 4.69) is 10.3 Å². The molecule has 8 nitrogen and oxygen atoms in total. The molecule has 0 unspecified atom stereocenters. The van der Waals surface area contributed by atoms with Crippen LogP contribution in [0.5, 0.6) is 5.75 Å². The number of aromatic hydroxyl groups is 1. The van der Waals surface area contributed by atoms with Gasteiger partial charge in [-0.05, 0) is 45.9 Å². The predicted octanol–water partition coefficient (Wildman–Crippen LogP) is 2.11. The van der Waals surface area contributed by atoms with Crippen molar-refractivity contribution in [2.24, 2.45) is 17.2 Å². The van der Waals surface area contributed by atoms with Crippen LogP contribution >= 0.6 is 0 Å². The molecule has 9 heteroatoms. The molecule has 1 aliphatic rings. The zero-order chi connectivity index (χ0) is 22.7. The lowest BCUT2D eigenvalue weighted by Crippen LogP contribution is -2.66. The second-order valence-corrected chi connectivity index (χ2v) is 8.54. The number of allylic oxidation sites excluding steroid dienone is 3. The minimum Gasteiger partial charge on any atom is -0.506 e. The van der Waals surface area contributed by atoms with E-state index < -0.39 is 17.8 Å². The van der Waals surface area contributed by atoms with Crippen LogP contribution in [-0.4, -0.2) is 39.7 Å². The maximum Gasteiger partial charge on any atom is 0.184 e. The van der Waals surface area contributed by atoms with Gasteiger partial charge in [0.2, 0.25) is 0 Å². The molecule has 0 bridgehead atoms. The fourth-order valence-corrected chi connectivity index (χ4v) is 3.69. The Bertz CT molecular complexity index is 891. The van der Waals surface area contributed by atoms with Crippen LogP contribution in [0.15, 0.2) is 36.5 Å². The monoisotopic (exact) mass is 418 g/mol. The topological polar surface area (TPSA) is 156 Å². The van der Waals surface area contributed by atoms with Crippen molar-refractivity contribution in [1.29, 1.82) is 5.41 Å². The van der Waals surface area contributed by atoms with Gasteiger partial charge in [0, 0.05) is 47.2 Å². The Labute approximate surface area is 176 Å². The highest BCUT2D eigenvalue weighted by atomic mass is 19.1. The highest BCUT2D eigenvalue weighted by molar-refractivity contribution is 6.08. The number of hydrogen-bond donors (Lipinski definition) is 6. The van der Waals surface area contributed by atoms with Crippen molar-refractivity contribution in [2.45, 2.75) is 57.5 Å². The van der Waals surface area contributed by atoms with E-state index in [1.807, 2.05) is 13.8 Å². The van der Waals surface area contributed by atoms with Gasteiger partial charge in [-0.2, -0.15) is 0 Å². The Hall–Kier alpha value is -3.07. The van der Waals surface area contributed by atoms with E-state index in [9.17, 15) is 9.50 Å². The van der Waals surface area contributed by atoms with Crippen LogP contribution in [0.2, 0.25) is 0 Å². The van der Waals surface area contributed by atoms with Crippen LogP contribution in [0.4, 0.5) is 4.39 Å². The van der Waals surface area contributed by atoms with Gasteiger partial charge in [-0.3, -0.25) is 4.98 Å². The molecule has 0 saturated carbocycles. The van der Waals surface area contributed by atoms with E-state index in [0.717, 1.165) is 6.21 Å². The number of nitrogens with one attached hydrogen (secondary N) is 2. The Balaban J connectivity index is 2.18. The van der Waals surface area contributed by atoms with Gasteiger partial charge in [0.25, 0.3) is 0 Å². The van der Waals surface area contributed by atoms with Crippen LogP contribution in [-0.2, 0) is 4.74 Å². The normalized spacial score (nSPS) is 24.4. The second-order valence-electron chi connectivity index (χ2n) is 8.54. The Kier molecular flexibility index (Phi) is 6.77. The first-order valence-corrected chi connectivity index (χ1v) is 9.55. The molecule has 1 aromatic rings. The van der Waals surface area contributed by atoms with Crippen molar-refractivity contribution in [3.8, 4) is 5.75 Å². The number of ether oxygens (including phenoxy) is 1. The van der Waals surface area contributed by atoms with E-state index in [0.29, 0.717) is 17.6 Å². The smallest absolute Gasteiger partial charge is 0.184 e. The zero-order valence-corrected chi connectivity index (χ0v) is 17.7. The van der Waals surface area contributed by atoms with Gasteiger partial charge in [-0.15, -0.1) is 0 Å². The predicted molar refractivity (Wildman–Crippen MR) is 117 cm³/mol. The van der Waals surface area contributed by atoms with Crippen molar-refractivity contribution >= 4 is 17.5 Å². The van der Waals surface area contributed by atoms with Crippen LogP contribution in [0.1, 0.15) is 45.4 Å². The summed E-state index contributed by atoms with van der Waals surface area (Å²) < 4.78 is 20.5. The van der Waals surface area contributed by atoms with Crippen molar-refractivity contribution in [1.82, 2.24) is 10.3 Å². The lowest BCUT2D eigenvalue weighted by molar-refractivity contribution is -0.0564. The number of pyridine rings is 1. The molecule has 1 saturated heterocycles. The van der Waals surface area contributed by atoms with Crippen LogP contribution in [0.25, 0.3) is 11.3 Å². The van der Waals surface area contributed by atoms with E-state index in [1.54, 1.807) is 13.8 Å². The van der Waals surface area contributed by atoms with E-state index in [1.165, 1.54) is 30.6 Å². The summed E-state index contributed by atoms with van der Waals surface area (Å²) in [5.41, 5.74) is 17.5. The largest absolute Gasteiger partial charge is 0.506 e. The van der Waals surface area contributed by atoms with Crippen LogP contribution in [0, 0.1) is 5.41 Å². The lowest BCUT2D eigenvalue weighted by atomic mass is 9.79. The number of rotatable bonds is 6. The van der Waals surface area contributed by atoms with Gasteiger partial charge in [-0.1, -0.05) is 0 Å². The molecule has 0 radical (unpaired) electrons. The summed E-state index contributed by atoms with van der Waals surface area (Å²) >= 11 is 0. The van der Waals surface area contributed by atoms with E-state index in [4.69, 9.17) is 27.3 Å². The summed E-state index contributed by atoms with van der Waals surface area (Å²) in [6, 6.07) is 1.41. The number of hydrogen-bond acceptors (Lipinski definition) is 8. The molecule has 0 spiro atoms. The van der Waals surface area contributed by atoms with Gasteiger partial charge in [0.1, 0.15) is 17.5 Å². The van der Waals surface area contributed by atoms with Crippen molar-refractivity contribution in [2.75, 3.05) is 0 Å². The standard InChI is InChI=1S/C21H31FN6O2/c1-20(2)8-16(19(22)21(3,4)28-20)30-17(26)6-5-14(25)18-15(29)7-12(11-27-18)13(9-23)10-24/h5-7,9-11,16,19,23,28-29H,8,24-26H2,1-4H3/b13-10+,14-5-,17-6+,23-9?/t16-,19-/m0/s1. The van der Waals surface area contributed by atoms with Gasteiger partial charge < -0.3 is 37.8 Å². The van der Waals surface area contributed by atoms with Crippen LogP contribution in [0.3, 0.4) is 0 Å². The first-order valence-electron chi connectivity index (χ1n) is 9.55. The van der Waals surface area contributed by atoms with Gasteiger partial charge in [-0.25, -0.2) is 4.39 Å². The van der Waals surface area contributed by atoms with E-state index >= 15 is 0 Å². The fourth-order valence-electron chi connectivity index (χ4n) is 3.69. The summed E-state index contributed by atoms with van der Waals surface area (Å²) in [5.74, 6) is -0.173. The van der Waals surface area contributed by atoms with Gasteiger partial charge in [0.05, 0.1) is 5.70 Å². The molecule has 0 aliphatic carbocycles. The number of aromatic nitrogens is 1. The molecule has 9 N–H and O–H groups in total.